The summed E-state index contributed by atoms with van der Waals surface area (Å²) in [5, 5.41) is 1.56. The third kappa shape index (κ3) is 4.55. The van der Waals surface area contributed by atoms with Crippen LogP contribution in [0.15, 0.2) is 57.6 Å². The van der Waals surface area contributed by atoms with E-state index in [2.05, 4.69) is 5.43 Å². The topological polar surface area (TPSA) is 84.9 Å². The lowest BCUT2D eigenvalue weighted by Gasteiger charge is -2.27. The predicted octanol–water partition coefficient (Wildman–Crippen LogP) is 4.13. The summed E-state index contributed by atoms with van der Waals surface area (Å²) < 4.78 is 37.1. The number of ketones is 1. The number of thioether (sulfide) groups is 1. The molecule has 0 aromatic heterocycles. The molecule has 0 fully saturated rings. The number of benzene rings is 2. The van der Waals surface area contributed by atoms with Gasteiger partial charge in [-0.25, -0.2) is 5.43 Å². The number of nitrogens with zero attached hydrogens (tertiary/aromatic N) is 1. The number of ether oxygens (including phenoxy) is 1. The number of nitrogens with one attached hydrogen (secondary N) is 1. The molecule has 2 aromatic carbocycles. The molecule has 4 rings (SSSR count). The molecule has 0 radical (unpaired) electrons. The van der Waals surface area contributed by atoms with Crippen molar-refractivity contribution in [3.8, 4) is 0 Å². The lowest BCUT2D eigenvalue weighted by molar-refractivity contribution is 0.0962. The van der Waals surface area contributed by atoms with Crippen LogP contribution < -0.4 is 5.43 Å². The summed E-state index contributed by atoms with van der Waals surface area (Å²) in [5.74, 6) is 0.740. The number of hydrogen-bond acceptors (Lipinski definition) is 8. The van der Waals surface area contributed by atoms with Crippen molar-refractivity contribution in [3.05, 3.63) is 70.1 Å². The van der Waals surface area contributed by atoms with Gasteiger partial charge in [0, 0.05) is 36.4 Å². The smallest absolute Gasteiger partial charge is 0.340 e. The fraction of sp³-hybridized carbons (Fsp3) is 0.375. The van der Waals surface area contributed by atoms with E-state index in [-0.39, 0.29) is 34.8 Å². The summed E-state index contributed by atoms with van der Waals surface area (Å²) in [4.78, 5) is 14.8. The van der Waals surface area contributed by atoms with Gasteiger partial charge in [0.2, 0.25) is 5.88 Å². The molecule has 0 bridgehead atoms. The molecule has 0 aliphatic carbocycles. The van der Waals surface area contributed by atoms with Gasteiger partial charge in [0.15, 0.2) is 5.78 Å². The Hall–Kier alpha value is -2.33. The fourth-order valence-corrected chi connectivity index (χ4v) is 6.28. The molecular formula is C24H28N2O5S2. The maximum Gasteiger partial charge on any atom is 0.340 e. The Balaban J connectivity index is 1.74. The van der Waals surface area contributed by atoms with Crippen LogP contribution in [0.1, 0.15) is 46.5 Å². The van der Waals surface area contributed by atoms with Crippen molar-refractivity contribution >= 4 is 27.7 Å². The van der Waals surface area contributed by atoms with Crippen LogP contribution in [0.25, 0.3) is 0 Å². The second-order valence-electron chi connectivity index (χ2n) is 8.05. The molecule has 1 atom stereocenters. The molecule has 9 heteroatoms. The Morgan fingerprint density at radius 2 is 1.91 bits per heavy atom. The van der Waals surface area contributed by atoms with Gasteiger partial charge in [0.05, 0.1) is 11.7 Å². The van der Waals surface area contributed by atoms with E-state index >= 15 is 0 Å². The highest BCUT2D eigenvalue weighted by Gasteiger charge is 2.34. The van der Waals surface area contributed by atoms with Gasteiger partial charge in [-0.05, 0) is 62.6 Å². The van der Waals surface area contributed by atoms with Crippen molar-refractivity contribution in [2.75, 3.05) is 26.0 Å². The Bertz CT molecular complexity index is 1210. The summed E-state index contributed by atoms with van der Waals surface area (Å²) >= 11 is 1.76. The SMILES string of the molecule is CCN1NCC(C(=O)c2ccc3c(c2C)C(OC)CCS3)=C1OS(=O)(=O)c1ccc(C)cc1. The first-order valence-corrected chi connectivity index (χ1v) is 13.2. The van der Waals surface area contributed by atoms with Crippen LogP contribution in [0.2, 0.25) is 0 Å². The zero-order chi connectivity index (χ0) is 23.8. The van der Waals surface area contributed by atoms with Crippen molar-refractivity contribution in [2.24, 2.45) is 0 Å². The normalized spacial score (nSPS) is 18.4. The van der Waals surface area contributed by atoms with E-state index in [9.17, 15) is 13.2 Å². The Kier molecular flexibility index (Phi) is 6.86. The van der Waals surface area contributed by atoms with Gasteiger partial charge in [0.1, 0.15) is 4.90 Å². The quantitative estimate of drug-likeness (QED) is 0.460. The summed E-state index contributed by atoms with van der Waals surface area (Å²) in [6.07, 6.45) is 0.818. The minimum absolute atomic E-state index is 0.0258. The Morgan fingerprint density at radius 3 is 2.58 bits per heavy atom. The number of methoxy groups -OCH3 is 1. The number of carbonyl (C=O) groups is 1. The van der Waals surface area contributed by atoms with Crippen LogP contribution in [0.3, 0.4) is 0 Å². The van der Waals surface area contributed by atoms with Gasteiger partial charge in [-0.15, -0.1) is 11.8 Å². The number of aryl methyl sites for hydroxylation is 1. The van der Waals surface area contributed by atoms with E-state index in [1.807, 2.05) is 32.9 Å². The van der Waals surface area contributed by atoms with Crippen LogP contribution in [-0.4, -0.2) is 45.2 Å². The third-order valence-electron chi connectivity index (χ3n) is 6.00. The van der Waals surface area contributed by atoms with Crippen LogP contribution >= 0.6 is 11.8 Å². The predicted molar refractivity (Wildman–Crippen MR) is 127 cm³/mol. The first-order valence-electron chi connectivity index (χ1n) is 10.9. The van der Waals surface area contributed by atoms with E-state index in [4.69, 9.17) is 8.92 Å². The molecule has 2 aliphatic rings. The average Bonchev–Trinajstić information content (AvgIpc) is 3.20. The number of carbonyl (C=O) groups excluding carboxylic acids is 1. The summed E-state index contributed by atoms with van der Waals surface area (Å²) in [7, 11) is -2.42. The molecule has 0 amide bonds. The summed E-state index contributed by atoms with van der Waals surface area (Å²) in [6, 6.07) is 10.2. The van der Waals surface area contributed by atoms with Crippen molar-refractivity contribution in [2.45, 2.75) is 43.1 Å². The number of Topliss-reactive ketones (excluding diaryl/α,β-unsaturated/α-hetero) is 1. The molecule has 0 saturated heterocycles. The van der Waals surface area contributed by atoms with E-state index in [0.29, 0.717) is 12.1 Å². The first kappa shape index (κ1) is 23.8. The maximum absolute atomic E-state index is 13.6. The summed E-state index contributed by atoms with van der Waals surface area (Å²) in [5.41, 5.74) is 6.72. The van der Waals surface area contributed by atoms with E-state index < -0.39 is 10.1 Å². The zero-order valence-corrected chi connectivity index (χ0v) is 20.8. The lowest BCUT2D eigenvalue weighted by atomic mass is 9.92. The van der Waals surface area contributed by atoms with Crippen molar-refractivity contribution in [1.82, 2.24) is 10.4 Å². The molecule has 2 aliphatic heterocycles. The molecule has 0 spiro atoms. The molecule has 176 valence electrons. The largest absolute Gasteiger partial charge is 0.377 e. The standard InChI is InChI=1S/C24H28N2O5S2/c1-5-26-24(31-33(28,29)17-8-6-15(2)7-9-17)19(14-25-26)23(27)18-10-11-21-22(16(18)3)20(30-4)12-13-32-21/h6-11,20,25H,5,12-14H2,1-4H3. The minimum Gasteiger partial charge on any atom is -0.377 e. The zero-order valence-electron chi connectivity index (χ0n) is 19.2. The summed E-state index contributed by atoms with van der Waals surface area (Å²) in [6.45, 7) is 6.27. The van der Waals surface area contributed by atoms with Crippen LogP contribution in [-0.2, 0) is 19.0 Å². The second-order valence-corrected chi connectivity index (χ2v) is 10.7. The lowest BCUT2D eigenvalue weighted by Crippen LogP contribution is -2.33. The molecule has 1 N–H and O–H groups in total. The van der Waals surface area contributed by atoms with Crippen LogP contribution in [0, 0.1) is 13.8 Å². The molecule has 0 saturated carbocycles. The van der Waals surface area contributed by atoms with Gasteiger partial charge in [-0.1, -0.05) is 17.7 Å². The number of hydrogen-bond donors (Lipinski definition) is 1. The molecule has 2 heterocycles. The molecule has 33 heavy (non-hydrogen) atoms. The van der Waals surface area contributed by atoms with E-state index in [0.717, 1.165) is 33.8 Å². The van der Waals surface area contributed by atoms with Gasteiger partial charge in [0.25, 0.3) is 0 Å². The maximum atomic E-state index is 13.6. The van der Waals surface area contributed by atoms with Gasteiger partial charge >= 0.3 is 10.1 Å². The number of rotatable bonds is 7. The molecular weight excluding hydrogens is 460 g/mol. The number of fused-ring (bicyclic) bond motifs is 1. The third-order valence-corrected chi connectivity index (χ3v) is 8.34. The minimum atomic E-state index is -4.10. The van der Waals surface area contributed by atoms with Gasteiger partial charge in [-0.2, -0.15) is 8.42 Å². The fourth-order valence-electron chi connectivity index (χ4n) is 4.16. The second kappa shape index (κ2) is 9.50. The first-order chi connectivity index (χ1) is 15.8. The molecule has 1 unspecified atom stereocenters. The molecule has 7 nitrogen and oxygen atoms in total. The van der Waals surface area contributed by atoms with Gasteiger partial charge < -0.3 is 8.92 Å². The van der Waals surface area contributed by atoms with Crippen molar-refractivity contribution in [1.29, 1.82) is 0 Å². The Morgan fingerprint density at radius 1 is 1.18 bits per heavy atom. The van der Waals surface area contributed by atoms with Gasteiger partial charge in [-0.3, -0.25) is 9.80 Å². The van der Waals surface area contributed by atoms with E-state index in [1.54, 1.807) is 36.0 Å². The van der Waals surface area contributed by atoms with Crippen molar-refractivity contribution in [3.63, 3.8) is 0 Å². The van der Waals surface area contributed by atoms with Crippen molar-refractivity contribution < 1.29 is 22.1 Å². The average molecular weight is 489 g/mol. The highest BCUT2D eigenvalue weighted by molar-refractivity contribution is 7.99. The highest BCUT2D eigenvalue weighted by atomic mass is 32.2. The molecule has 2 aromatic rings. The number of hydrazine groups is 1. The van der Waals surface area contributed by atoms with Crippen LogP contribution in [0.5, 0.6) is 0 Å². The van der Waals surface area contributed by atoms with E-state index in [1.165, 1.54) is 12.1 Å². The monoisotopic (exact) mass is 488 g/mol. The van der Waals surface area contributed by atoms with Crippen LogP contribution in [0.4, 0.5) is 0 Å². The highest BCUT2D eigenvalue weighted by Crippen LogP contribution is 2.41. The Labute approximate surface area is 199 Å².